The van der Waals surface area contributed by atoms with E-state index in [1.165, 1.54) is 0 Å². The average Bonchev–Trinajstić information content (AvgIpc) is 2.10. The molecule has 0 saturated carbocycles. The smallest absolute Gasteiger partial charge is 0.0881 e. The minimum atomic E-state index is 0.214. The molecule has 2 unspecified atom stereocenters. The highest BCUT2D eigenvalue weighted by Gasteiger charge is 2.20. The summed E-state index contributed by atoms with van der Waals surface area (Å²) in [4.78, 5) is 0. The Morgan fingerprint density at radius 3 is 2.29 bits per heavy atom. The second-order valence-electron chi connectivity index (χ2n) is 4.56. The van der Waals surface area contributed by atoms with Crippen molar-refractivity contribution >= 4 is 0 Å². The predicted molar refractivity (Wildman–Crippen MR) is 62.4 cm³/mol. The van der Waals surface area contributed by atoms with Gasteiger partial charge in [-0.05, 0) is 38.3 Å². The first-order chi connectivity index (χ1) is 6.49. The number of hydrogen-bond donors (Lipinski definition) is 2. The Kier molecular flexibility index (Phi) is 6.64. The van der Waals surface area contributed by atoms with Crippen LogP contribution >= 0.6 is 0 Å². The molecule has 2 heteroatoms. The molecule has 0 aromatic heterocycles. The van der Waals surface area contributed by atoms with Gasteiger partial charge in [-0.1, -0.05) is 27.4 Å². The fraction of sp³-hybridized carbons (Fsp3) is 0.833. The molecule has 0 radical (unpaired) electrons. The molecule has 0 heterocycles. The third-order valence-corrected chi connectivity index (χ3v) is 2.77. The molecule has 14 heavy (non-hydrogen) atoms. The van der Waals surface area contributed by atoms with Crippen LogP contribution < -0.4 is 5.32 Å². The zero-order valence-corrected chi connectivity index (χ0v) is 10.0. The highest BCUT2D eigenvalue weighted by Crippen LogP contribution is 2.26. The molecule has 2 nitrogen and oxygen atoms in total. The van der Waals surface area contributed by atoms with Gasteiger partial charge in [0.1, 0.15) is 0 Å². The maximum atomic E-state index is 9.39. The van der Waals surface area contributed by atoms with Gasteiger partial charge in [-0.3, -0.25) is 0 Å². The molecule has 0 rings (SSSR count). The number of rotatable bonds is 7. The molecule has 0 aliphatic heterocycles. The van der Waals surface area contributed by atoms with Gasteiger partial charge in [-0.2, -0.15) is 0 Å². The Labute approximate surface area is 88.4 Å². The number of allylic oxidation sites excluding steroid dienone is 1. The van der Waals surface area contributed by atoms with Gasteiger partial charge in [0, 0.05) is 5.92 Å². The van der Waals surface area contributed by atoms with E-state index in [1.807, 2.05) is 7.05 Å². The van der Waals surface area contributed by atoms with Crippen molar-refractivity contribution in [2.75, 3.05) is 13.6 Å². The van der Waals surface area contributed by atoms with Crippen LogP contribution in [0.4, 0.5) is 0 Å². The molecule has 0 aromatic rings. The molecule has 0 fully saturated rings. The summed E-state index contributed by atoms with van der Waals surface area (Å²) in [5.41, 5.74) is 0. The molecular formula is C12H25NO. The molecule has 0 amide bonds. The number of aliphatic hydroxyl groups is 1. The molecule has 2 N–H and O–H groups in total. The van der Waals surface area contributed by atoms with E-state index in [2.05, 4.69) is 32.7 Å². The fourth-order valence-electron chi connectivity index (χ4n) is 1.78. The standard InChI is InChI=1S/C12H25NO/c1-9(2)8-12(6-7-13-5)10(3)11(4)14/h9-10,12-14H,4,6-8H2,1-3,5H3. The monoisotopic (exact) mass is 199 g/mol. The number of aliphatic hydroxyl groups excluding tert-OH is 1. The van der Waals surface area contributed by atoms with Crippen molar-refractivity contribution in [3.8, 4) is 0 Å². The van der Waals surface area contributed by atoms with Gasteiger partial charge < -0.3 is 10.4 Å². The van der Waals surface area contributed by atoms with E-state index in [9.17, 15) is 5.11 Å². The summed E-state index contributed by atoms with van der Waals surface area (Å²) in [5.74, 6) is 1.76. The van der Waals surface area contributed by atoms with E-state index in [-0.39, 0.29) is 5.92 Å². The van der Waals surface area contributed by atoms with Gasteiger partial charge in [-0.15, -0.1) is 0 Å². The van der Waals surface area contributed by atoms with Crippen molar-refractivity contribution in [2.45, 2.75) is 33.6 Å². The summed E-state index contributed by atoms with van der Waals surface area (Å²) in [6.07, 6.45) is 2.26. The van der Waals surface area contributed by atoms with Gasteiger partial charge in [0.15, 0.2) is 0 Å². The second kappa shape index (κ2) is 6.88. The summed E-state index contributed by atoms with van der Waals surface area (Å²) in [5, 5.41) is 12.5. The number of hydrogen-bond acceptors (Lipinski definition) is 2. The largest absolute Gasteiger partial charge is 0.513 e. The van der Waals surface area contributed by atoms with Crippen LogP contribution in [0.5, 0.6) is 0 Å². The maximum Gasteiger partial charge on any atom is 0.0881 e. The van der Waals surface area contributed by atoms with Crippen LogP contribution in [-0.4, -0.2) is 18.7 Å². The molecular weight excluding hydrogens is 174 g/mol. The van der Waals surface area contributed by atoms with Crippen molar-refractivity contribution in [1.29, 1.82) is 0 Å². The molecule has 2 atom stereocenters. The lowest BCUT2D eigenvalue weighted by Crippen LogP contribution is -2.21. The SMILES string of the molecule is C=C(O)C(C)C(CCNC)CC(C)C. The van der Waals surface area contributed by atoms with Crippen molar-refractivity contribution < 1.29 is 5.11 Å². The third-order valence-electron chi connectivity index (χ3n) is 2.77. The van der Waals surface area contributed by atoms with Crippen molar-refractivity contribution in [3.05, 3.63) is 12.3 Å². The molecule has 0 saturated heterocycles. The van der Waals surface area contributed by atoms with Gasteiger partial charge in [0.05, 0.1) is 5.76 Å². The zero-order valence-electron chi connectivity index (χ0n) is 10.0. The van der Waals surface area contributed by atoms with Crippen LogP contribution in [-0.2, 0) is 0 Å². The molecule has 0 aliphatic rings. The van der Waals surface area contributed by atoms with E-state index >= 15 is 0 Å². The molecule has 0 bridgehead atoms. The molecule has 84 valence electrons. The van der Waals surface area contributed by atoms with Crippen molar-refractivity contribution in [3.63, 3.8) is 0 Å². The summed E-state index contributed by atoms with van der Waals surface area (Å²) in [6, 6.07) is 0. The Morgan fingerprint density at radius 2 is 1.93 bits per heavy atom. The zero-order chi connectivity index (χ0) is 11.1. The highest BCUT2D eigenvalue weighted by molar-refractivity contribution is 4.90. The lowest BCUT2D eigenvalue weighted by Gasteiger charge is -2.24. The summed E-state index contributed by atoms with van der Waals surface area (Å²) < 4.78 is 0. The topological polar surface area (TPSA) is 32.3 Å². The maximum absolute atomic E-state index is 9.39. The minimum absolute atomic E-state index is 0.214. The quantitative estimate of drug-likeness (QED) is 0.618. The van der Waals surface area contributed by atoms with Gasteiger partial charge >= 0.3 is 0 Å². The van der Waals surface area contributed by atoms with Crippen LogP contribution in [0, 0.1) is 17.8 Å². The Bertz CT molecular complexity index is 166. The van der Waals surface area contributed by atoms with E-state index in [4.69, 9.17) is 0 Å². The summed E-state index contributed by atoms with van der Waals surface area (Å²) in [7, 11) is 1.96. The van der Waals surface area contributed by atoms with Gasteiger partial charge in [0.2, 0.25) is 0 Å². The first kappa shape index (κ1) is 13.5. The summed E-state index contributed by atoms with van der Waals surface area (Å²) in [6.45, 7) is 11.1. The van der Waals surface area contributed by atoms with E-state index < -0.39 is 0 Å². The molecule has 0 aliphatic carbocycles. The van der Waals surface area contributed by atoms with Crippen LogP contribution in [0.2, 0.25) is 0 Å². The lowest BCUT2D eigenvalue weighted by molar-refractivity contribution is 0.238. The normalized spacial score (nSPS) is 15.5. The summed E-state index contributed by atoms with van der Waals surface area (Å²) >= 11 is 0. The van der Waals surface area contributed by atoms with Crippen molar-refractivity contribution in [2.24, 2.45) is 17.8 Å². The first-order valence-corrected chi connectivity index (χ1v) is 5.51. The number of nitrogens with one attached hydrogen (secondary N) is 1. The Hall–Kier alpha value is -0.500. The minimum Gasteiger partial charge on any atom is -0.513 e. The fourth-order valence-corrected chi connectivity index (χ4v) is 1.78. The molecule has 0 spiro atoms. The van der Waals surface area contributed by atoms with Crippen LogP contribution in [0.3, 0.4) is 0 Å². The van der Waals surface area contributed by atoms with Gasteiger partial charge in [-0.25, -0.2) is 0 Å². The van der Waals surface area contributed by atoms with Crippen LogP contribution in [0.25, 0.3) is 0 Å². The van der Waals surface area contributed by atoms with Crippen LogP contribution in [0.1, 0.15) is 33.6 Å². The van der Waals surface area contributed by atoms with E-state index in [0.29, 0.717) is 17.6 Å². The Morgan fingerprint density at radius 1 is 1.36 bits per heavy atom. The first-order valence-electron chi connectivity index (χ1n) is 5.51. The van der Waals surface area contributed by atoms with Gasteiger partial charge in [0.25, 0.3) is 0 Å². The second-order valence-corrected chi connectivity index (χ2v) is 4.56. The Balaban J connectivity index is 4.15. The van der Waals surface area contributed by atoms with E-state index in [0.717, 1.165) is 19.4 Å². The van der Waals surface area contributed by atoms with Crippen LogP contribution in [0.15, 0.2) is 12.3 Å². The predicted octanol–water partition coefficient (Wildman–Crippen LogP) is 2.97. The highest BCUT2D eigenvalue weighted by atomic mass is 16.3. The molecule has 0 aromatic carbocycles. The van der Waals surface area contributed by atoms with Crippen molar-refractivity contribution in [1.82, 2.24) is 5.32 Å². The lowest BCUT2D eigenvalue weighted by atomic mass is 9.83. The third kappa shape index (κ3) is 5.28. The average molecular weight is 199 g/mol. The van der Waals surface area contributed by atoms with E-state index in [1.54, 1.807) is 0 Å².